The summed E-state index contributed by atoms with van der Waals surface area (Å²) in [6, 6.07) is -0.899. The Labute approximate surface area is 208 Å². The monoisotopic (exact) mass is 505 g/mol. The van der Waals surface area contributed by atoms with E-state index in [0.717, 1.165) is 51.4 Å². The van der Waals surface area contributed by atoms with Crippen LogP contribution in [0.5, 0.6) is 0 Å². The van der Waals surface area contributed by atoms with Gasteiger partial charge in [0, 0.05) is 6.42 Å². The Morgan fingerprint density at radius 1 is 0.824 bits per heavy atom. The van der Waals surface area contributed by atoms with Gasteiger partial charge in [-0.2, -0.15) is 0 Å². The van der Waals surface area contributed by atoms with Gasteiger partial charge in [-0.25, -0.2) is 4.57 Å². The first-order valence-corrected chi connectivity index (χ1v) is 15.2. The van der Waals surface area contributed by atoms with Gasteiger partial charge in [-0.3, -0.25) is 9.32 Å². The van der Waals surface area contributed by atoms with E-state index in [2.05, 4.69) is 23.7 Å². The van der Waals surface area contributed by atoms with Gasteiger partial charge in [-0.05, 0) is 19.3 Å². The third kappa shape index (κ3) is 23.0. The summed E-state index contributed by atoms with van der Waals surface area (Å²) in [5.74, 6) is -0.242. The highest BCUT2D eigenvalue weighted by Crippen LogP contribution is 2.35. The fraction of sp³-hybridized carbons (Fsp3) is 0.885. The lowest BCUT2D eigenvalue weighted by molar-refractivity contribution is -0.123. The first-order chi connectivity index (χ1) is 16.3. The number of hydrogen-bond donors (Lipinski definition) is 4. The molecule has 0 aliphatic heterocycles. The molecule has 0 unspecified atom stereocenters. The minimum atomic E-state index is -4.68. The van der Waals surface area contributed by atoms with Gasteiger partial charge in [0.1, 0.15) is 0 Å². The molecule has 34 heavy (non-hydrogen) atoms. The molecule has 0 aromatic carbocycles. The highest BCUT2D eigenvalue weighted by Gasteiger charge is 2.24. The summed E-state index contributed by atoms with van der Waals surface area (Å²) in [6.45, 7) is 3.92. The average Bonchev–Trinajstić information content (AvgIpc) is 2.78. The standard InChI is InChI=1S/C26H52NO6P/c1-3-5-7-9-10-11-12-13-14-15-16-18-19-21-25(28)24(23-33-34(30,31)32)27-26(29)22-20-17-8-6-4-2/h19,21,24-25,28H,3-18,20,22-23H2,1-2H3,(H,27,29)(H2,30,31,32)/t24-,25+/m0/s1. The maximum Gasteiger partial charge on any atom is 0.469 e. The minimum absolute atomic E-state index is 0.242. The number of allylic oxidation sites excluding steroid dienone is 1. The van der Waals surface area contributed by atoms with Crippen molar-refractivity contribution >= 4 is 13.7 Å². The molecule has 8 heteroatoms. The molecule has 0 radical (unpaired) electrons. The van der Waals surface area contributed by atoms with Gasteiger partial charge in [0.15, 0.2) is 0 Å². The highest BCUT2D eigenvalue weighted by molar-refractivity contribution is 7.46. The highest BCUT2D eigenvalue weighted by atomic mass is 31.2. The number of phosphoric ester groups is 1. The number of amides is 1. The lowest BCUT2D eigenvalue weighted by Gasteiger charge is -2.22. The first-order valence-electron chi connectivity index (χ1n) is 13.6. The Morgan fingerprint density at radius 3 is 1.79 bits per heavy atom. The molecule has 1 amide bonds. The van der Waals surface area contributed by atoms with E-state index in [1.165, 1.54) is 57.8 Å². The SMILES string of the molecule is CCCCCCCCCCCCCC=C[C@@H](O)[C@H](COP(=O)(O)O)NC(=O)CCCCCCC. The Hall–Kier alpha value is -0.720. The number of rotatable bonds is 24. The summed E-state index contributed by atoms with van der Waals surface area (Å²) in [5, 5.41) is 13.1. The number of aliphatic hydroxyl groups is 1. The molecule has 0 heterocycles. The van der Waals surface area contributed by atoms with Crippen LogP contribution in [0.1, 0.15) is 129 Å². The van der Waals surface area contributed by atoms with Crippen molar-refractivity contribution in [3.8, 4) is 0 Å². The van der Waals surface area contributed by atoms with Gasteiger partial charge < -0.3 is 20.2 Å². The second kappa shape index (κ2) is 22.7. The summed E-state index contributed by atoms with van der Waals surface area (Å²) in [4.78, 5) is 30.2. The lowest BCUT2D eigenvalue weighted by atomic mass is 10.0. The van der Waals surface area contributed by atoms with Crippen molar-refractivity contribution in [2.45, 2.75) is 142 Å². The molecule has 0 aliphatic rings. The smallest absolute Gasteiger partial charge is 0.387 e. The molecule has 0 saturated carbocycles. The van der Waals surface area contributed by atoms with E-state index in [-0.39, 0.29) is 5.91 Å². The lowest BCUT2D eigenvalue weighted by Crippen LogP contribution is -2.45. The van der Waals surface area contributed by atoms with Crippen LogP contribution in [0.2, 0.25) is 0 Å². The third-order valence-electron chi connectivity index (χ3n) is 6.00. The Balaban J connectivity index is 4.16. The average molecular weight is 506 g/mol. The van der Waals surface area contributed by atoms with Crippen LogP contribution in [0.3, 0.4) is 0 Å². The van der Waals surface area contributed by atoms with Gasteiger partial charge in [0.25, 0.3) is 0 Å². The predicted octanol–water partition coefficient (Wildman–Crippen LogP) is 6.56. The van der Waals surface area contributed by atoms with Gasteiger partial charge >= 0.3 is 7.82 Å². The first kappa shape index (κ1) is 33.3. The Kier molecular flexibility index (Phi) is 22.2. The maximum atomic E-state index is 12.2. The van der Waals surface area contributed by atoms with Crippen LogP contribution in [-0.2, 0) is 13.9 Å². The molecule has 202 valence electrons. The number of carbonyl (C=O) groups excluding carboxylic acids is 1. The summed E-state index contributed by atoms with van der Waals surface area (Å²) in [6.07, 6.45) is 22.7. The fourth-order valence-corrected chi connectivity index (χ4v) is 4.22. The second-order valence-electron chi connectivity index (χ2n) is 9.37. The molecule has 2 atom stereocenters. The van der Waals surface area contributed by atoms with Gasteiger partial charge in [-0.1, -0.05) is 116 Å². The van der Waals surface area contributed by atoms with Crippen molar-refractivity contribution in [1.82, 2.24) is 5.32 Å². The number of aliphatic hydroxyl groups excluding tert-OH is 1. The van der Waals surface area contributed by atoms with Crippen LogP contribution in [0, 0.1) is 0 Å². The maximum absolute atomic E-state index is 12.2. The molecular weight excluding hydrogens is 453 g/mol. The predicted molar refractivity (Wildman–Crippen MR) is 140 cm³/mol. The molecule has 0 spiro atoms. The fourth-order valence-electron chi connectivity index (χ4n) is 3.87. The summed E-state index contributed by atoms with van der Waals surface area (Å²) >= 11 is 0. The number of unbranched alkanes of at least 4 members (excludes halogenated alkanes) is 15. The molecule has 0 saturated heterocycles. The molecular formula is C26H52NO6P. The topological polar surface area (TPSA) is 116 Å². The van der Waals surface area contributed by atoms with Crippen LogP contribution in [0.25, 0.3) is 0 Å². The largest absolute Gasteiger partial charge is 0.469 e. The van der Waals surface area contributed by atoms with E-state index >= 15 is 0 Å². The van der Waals surface area contributed by atoms with Crippen LogP contribution in [0.4, 0.5) is 0 Å². The van der Waals surface area contributed by atoms with E-state index in [1.54, 1.807) is 6.08 Å². The number of phosphoric acid groups is 1. The van der Waals surface area contributed by atoms with Crippen LogP contribution in [-0.4, -0.2) is 39.6 Å². The molecule has 0 aliphatic carbocycles. The normalized spacial score (nSPS) is 13.9. The zero-order valence-electron chi connectivity index (χ0n) is 21.8. The number of nitrogens with one attached hydrogen (secondary N) is 1. The van der Waals surface area contributed by atoms with Gasteiger partial charge in [0.2, 0.25) is 5.91 Å². The molecule has 0 aromatic heterocycles. The molecule has 7 nitrogen and oxygen atoms in total. The van der Waals surface area contributed by atoms with Crippen molar-refractivity contribution in [1.29, 1.82) is 0 Å². The van der Waals surface area contributed by atoms with Crippen molar-refractivity contribution in [3.63, 3.8) is 0 Å². The quantitative estimate of drug-likeness (QED) is 0.0671. The zero-order chi connectivity index (χ0) is 25.5. The minimum Gasteiger partial charge on any atom is -0.387 e. The van der Waals surface area contributed by atoms with E-state index in [1.807, 2.05) is 6.08 Å². The summed E-state index contributed by atoms with van der Waals surface area (Å²) < 4.78 is 15.6. The van der Waals surface area contributed by atoms with Crippen LogP contribution < -0.4 is 5.32 Å². The van der Waals surface area contributed by atoms with Gasteiger partial charge in [-0.15, -0.1) is 0 Å². The van der Waals surface area contributed by atoms with Crippen molar-refractivity contribution in [2.24, 2.45) is 0 Å². The molecule has 0 rings (SSSR count). The second-order valence-corrected chi connectivity index (χ2v) is 10.6. The number of carbonyl (C=O) groups is 1. The van der Waals surface area contributed by atoms with Crippen molar-refractivity contribution in [3.05, 3.63) is 12.2 Å². The van der Waals surface area contributed by atoms with Crippen molar-refractivity contribution < 1.29 is 28.8 Å². The van der Waals surface area contributed by atoms with E-state index in [0.29, 0.717) is 6.42 Å². The summed E-state index contributed by atoms with van der Waals surface area (Å²) in [7, 11) is -4.68. The van der Waals surface area contributed by atoms with Crippen molar-refractivity contribution in [2.75, 3.05) is 6.61 Å². The Bertz CT molecular complexity index is 551. The third-order valence-corrected chi connectivity index (χ3v) is 6.48. The van der Waals surface area contributed by atoms with E-state index in [4.69, 9.17) is 9.79 Å². The molecule has 0 aromatic rings. The Morgan fingerprint density at radius 2 is 1.29 bits per heavy atom. The van der Waals surface area contributed by atoms with Crippen LogP contribution >= 0.6 is 7.82 Å². The molecule has 0 bridgehead atoms. The van der Waals surface area contributed by atoms with E-state index in [9.17, 15) is 14.5 Å². The molecule has 0 fully saturated rings. The van der Waals surface area contributed by atoms with E-state index < -0.39 is 26.6 Å². The van der Waals surface area contributed by atoms with Gasteiger partial charge in [0.05, 0.1) is 18.8 Å². The van der Waals surface area contributed by atoms with Crippen LogP contribution in [0.15, 0.2) is 12.2 Å². The summed E-state index contributed by atoms with van der Waals surface area (Å²) in [5.41, 5.74) is 0. The number of hydrogen-bond acceptors (Lipinski definition) is 4. The molecule has 4 N–H and O–H groups in total. The zero-order valence-corrected chi connectivity index (χ0v) is 22.7.